The summed E-state index contributed by atoms with van der Waals surface area (Å²) >= 11 is 1.70. The monoisotopic (exact) mass is 218 g/mol. The summed E-state index contributed by atoms with van der Waals surface area (Å²) in [6.07, 6.45) is 0. The van der Waals surface area contributed by atoms with Gasteiger partial charge in [-0.15, -0.1) is 0 Å². The van der Waals surface area contributed by atoms with Crippen LogP contribution in [0, 0.1) is 13.8 Å². The standard InChI is InChI=1S/C12H14N2S/c1-8-4-5-11(9(2)6-8)14-12-13-10(3)7-15-12/h4-6H,7H2,1-3H3. The molecule has 0 fully saturated rings. The van der Waals surface area contributed by atoms with Crippen molar-refractivity contribution in [1.29, 1.82) is 0 Å². The summed E-state index contributed by atoms with van der Waals surface area (Å²) < 4.78 is 0. The van der Waals surface area contributed by atoms with Crippen LogP contribution in [-0.4, -0.2) is 16.6 Å². The van der Waals surface area contributed by atoms with Crippen LogP contribution in [0.1, 0.15) is 18.1 Å². The summed E-state index contributed by atoms with van der Waals surface area (Å²) in [6, 6.07) is 6.29. The molecule has 1 aromatic rings. The SMILES string of the molecule is CC1=NC(=Nc2ccc(C)cc2C)SC1. The molecule has 1 heterocycles. The average Bonchev–Trinajstić information content (AvgIpc) is 2.56. The van der Waals surface area contributed by atoms with Crippen molar-refractivity contribution in [2.45, 2.75) is 20.8 Å². The van der Waals surface area contributed by atoms with Gasteiger partial charge in [0.15, 0.2) is 5.17 Å². The van der Waals surface area contributed by atoms with E-state index in [2.05, 4.69) is 42.0 Å². The Balaban J connectivity index is 2.32. The topological polar surface area (TPSA) is 24.7 Å². The minimum absolute atomic E-state index is 0.888. The summed E-state index contributed by atoms with van der Waals surface area (Å²) in [5.74, 6) is 0.976. The number of aryl methyl sites for hydroxylation is 2. The summed E-state index contributed by atoms with van der Waals surface area (Å²) in [5.41, 5.74) is 4.67. The van der Waals surface area contributed by atoms with Gasteiger partial charge in [0.05, 0.1) is 5.69 Å². The second kappa shape index (κ2) is 4.19. The molecule has 78 valence electrons. The number of aliphatic imine (C=N–C) groups is 2. The molecule has 1 aromatic carbocycles. The molecule has 3 heteroatoms. The van der Waals surface area contributed by atoms with Crippen molar-refractivity contribution in [3.63, 3.8) is 0 Å². The van der Waals surface area contributed by atoms with E-state index in [9.17, 15) is 0 Å². The normalized spacial score (nSPS) is 18.3. The van der Waals surface area contributed by atoms with Crippen molar-refractivity contribution >= 4 is 28.3 Å². The molecule has 0 amide bonds. The van der Waals surface area contributed by atoms with E-state index >= 15 is 0 Å². The van der Waals surface area contributed by atoms with Gasteiger partial charge in [0, 0.05) is 11.5 Å². The molecule has 1 aliphatic heterocycles. The lowest BCUT2D eigenvalue weighted by atomic mass is 10.1. The van der Waals surface area contributed by atoms with Gasteiger partial charge in [-0.05, 0) is 32.4 Å². The predicted octanol–water partition coefficient (Wildman–Crippen LogP) is 3.50. The minimum Gasteiger partial charge on any atom is -0.232 e. The molecule has 2 nitrogen and oxygen atoms in total. The molecule has 0 atom stereocenters. The summed E-state index contributed by atoms with van der Waals surface area (Å²) in [4.78, 5) is 8.92. The van der Waals surface area contributed by atoms with E-state index in [0.717, 1.165) is 22.3 Å². The van der Waals surface area contributed by atoms with Crippen molar-refractivity contribution in [1.82, 2.24) is 0 Å². The number of rotatable bonds is 1. The maximum atomic E-state index is 4.54. The first kappa shape index (κ1) is 10.4. The average molecular weight is 218 g/mol. The maximum Gasteiger partial charge on any atom is 0.188 e. The van der Waals surface area contributed by atoms with Gasteiger partial charge in [0.2, 0.25) is 0 Å². The summed E-state index contributed by atoms with van der Waals surface area (Å²) in [5, 5.41) is 0.888. The smallest absolute Gasteiger partial charge is 0.188 e. The van der Waals surface area contributed by atoms with Gasteiger partial charge >= 0.3 is 0 Å². The van der Waals surface area contributed by atoms with Crippen LogP contribution in [0.15, 0.2) is 28.2 Å². The van der Waals surface area contributed by atoms with Crippen molar-refractivity contribution in [3.8, 4) is 0 Å². The van der Waals surface area contributed by atoms with Crippen LogP contribution in [0.3, 0.4) is 0 Å². The van der Waals surface area contributed by atoms with Gasteiger partial charge in [0.1, 0.15) is 0 Å². The summed E-state index contributed by atoms with van der Waals surface area (Å²) in [7, 11) is 0. The fraction of sp³-hybridized carbons (Fsp3) is 0.333. The van der Waals surface area contributed by atoms with E-state index in [1.807, 2.05) is 6.92 Å². The Bertz CT molecular complexity index is 447. The zero-order valence-corrected chi connectivity index (χ0v) is 10.1. The van der Waals surface area contributed by atoms with Gasteiger partial charge in [-0.25, -0.2) is 9.98 Å². The second-order valence-corrected chi connectivity index (χ2v) is 4.76. The number of nitrogens with zero attached hydrogens (tertiary/aromatic N) is 2. The number of thioether (sulfide) groups is 1. The minimum atomic E-state index is 0.888. The van der Waals surface area contributed by atoms with Crippen LogP contribution in [0.2, 0.25) is 0 Å². The molecule has 0 unspecified atom stereocenters. The molecule has 0 N–H and O–H groups in total. The first-order valence-corrected chi connectivity index (χ1v) is 5.96. The molecule has 0 saturated carbocycles. The van der Waals surface area contributed by atoms with Crippen LogP contribution in [0.4, 0.5) is 5.69 Å². The highest BCUT2D eigenvalue weighted by atomic mass is 32.2. The van der Waals surface area contributed by atoms with E-state index in [1.54, 1.807) is 11.8 Å². The predicted molar refractivity (Wildman–Crippen MR) is 68.6 cm³/mol. The zero-order valence-electron chi connectivity index (χ0n) is 9.24. The van der Waals surface area contributed by atoms with E-state index < -0.39 is 0 Å². The zero-order chi connectivity index (χ0) is 10.8. The third-order valence-electron chi connectivity index (χ3n) is 2.27. The van der Waals surface area contributed by atoms with E-state index in [1.165, 1.54) is 11.1 Å². The van der Waals surface area contributed by atoms with Crippen LogP contribution < -0.4 is 0 Å². The Hall–Kier alpha value is -1.09. The first-order valence-electron chi connectivity index (χ1n) is 4.98. The van der Waals surface area contributed by atoms with Gasteiger partial charge in [0.25, 0.3) is 0 Å². The first-order chi connectivity index (χ1) is 7.15. The van der Waals surface area contributed by atoms with Crippen LogP contribution in [0.5, 0.6) is 0 Å². The third-order valence-corrected chi connectivity index (χ3v) is 3.27. The second-order valence-electron chi connectivity index (χ2n) is 3.82. The maximum absolute atomic E-state index is 4.54. The van der Waals surface area contributed by atoms with E-state index in [0.29, 0.717) is 0 Å². The van der Waals surface area contributed by atoms with Crippen molar-refractivity contribution in [2.24, 2.45) is 9.98 Å². The molecule has 0 spiro atoms. The van der Waals surface area contributed by atoms with Crippen molar-refractivity contribution in [2.75, 3.05) is 5.75 Å². The van der Waals surface area contributed by atoms with Crippen LogP contribution in [0.25, 0.3) is 0 Å². The van der Waals surface area contributed by atoms with Gasteiger partial charge < -0.3 is 0 Å². The van der Waals surface area contributed by atoms with Gasteiger partial charge in [-0.3, -0.25) is 0 Å². The molecule has 0 radical (unpaired) electrons. The van der Waals surface area contributed by atoms with E-state index in [4.69, 9.17) is 0 Å². The quantitative estimate of drug-likeness (QED) is 0.708. The molecule has 0 aromatic heterocycles. The molecule has 1 aliphatic rings. The molecule has 2 rings (SSSR count). The number of benzene rings is 1. The Morgan fingerprint density at radius 3 is 2.67 bits per heavy atom. The van der Waals surface area contributed by atoms with Crippen LogP contribution >= 0.6 is 11.8 Å². The fourth-order valence-corrected chi connectivity index (χ4v) is 2.27. The van der Waals surface area contributed by atoms with Crippen LogP contribution in [-0.2, 0) is 0 Å². The third kappa shape index (κ3) is 2.48. The van der Waals surface area contributed by atoms with Crippen molar-refractivity contribution < 1.29 is 0 Å². The largest absolute Gasteiger partial charge is 0.232 e. The highest BCUT2D eigenvalue weighted by molar-refractivity contribution is 8.14. The molecule has 0 saturated heterocycles. The molecule has 0 aliphatic carbocycles. The van der Waals surface area contributed by atoms with Gasteiger partial charge in [-0.2, -0.15) is 0 Å². The fourth-order valence-electron chi connectivity index (χ4n) is 1.49. The van der Waals surface area contributed by atoms with E-state index in [-0.39, 0.29) is 0 Å². The Morgan fingerprint density at radius 2 is 2.07 bits per heavy atom. The number of amidine groups is 1. The summed E-state index contributed by atoms with van der Waals surface area (Å²) in [6.45, 7) is 6.22. The molecule has 15 heavy (non-hydrogen) atoms. The molecular formula is C12H14N2S. The lowest BCUT2D eigenvalue weighted by Gasteiger charge is -2.01. The Morgan fingerprint density at radius 1 is 1.27 bits per heavy atom. The molecule has 0 bridgehead atoms. The van der Waals surface area contributed by atoms with Crippen molar-refractivity contribution in [3.05, 3.63) is 29.3 Å². The number of hydrogen-bond acceptors (Lipinski definition) is 2. The Kier molecular flexibility index (Phi) is 2.91. The lowest BCUT2D eigenvalue weighted by molar-refractivity contribution is 1.34. The Labute approximate surface area is 94.5 Å². The van der Waals surface area contributed by atoms with Gasteiger partial charge in [-0.1, -0.05) is 29.5 Å². The molecular weight excluding hydrogens is 204 g/mol. The highest BCUT2D eigenvalue weighted by Crippen LogP contribution is 2.24. The number of hydrogen-bond donors (Lipinski definition) is 0. The lowest BCUT2D eigenvalue weighted by Crippen LogP contribution is -1.84. The highest BCUT2D eigenvalue weighted by Gasteiger charge is 2.09.